The van der Waals surface area contributed by atoms with Crippen LogP contribution in [-0.4, -0.2) is 33.9 Å². The zero-order valence-corrected chi connectivity index (χ0v) is 15.3. The highest BCUT2D eigenvalue weighted by atomic mass is 16.2. The lowest BCUT2D eigenvalue weighted by Crippen LogP contribution is -2.32. The number of hydrogen-bond acceptors (Lipinski definition) is 4. The smallest absolute Gasteiger partial charge is 0.272 e. The van der Waals surface area contributed by atoms with Crippen LogP contribution >= 0.6 is 0 Å². The van der Waals surface area contributed by atoms with E-state index in [1.807, 2.05) is 17.9 Å². The van der Waals surface area contributed by atoms with Crippen LogP contribution in [0.25, 0.3) is 0 Å². The molecular weight excluding hydrogens is 312 g/mol. The third-order valence-corrected chi connectivity index (χ3v) is 4.59. The Balaban J connectivity index is 1.83. The maximum atomic E-state index is 12.8. The molecule has 3 rings (SSSR count). The number of nitrogens with one attached hydrogen (secondary N) is 1. The van der Waals surface area contributed by atoms with Gasteiger partial charge in [-0.15, -0.1) is 0 Å². The second-order valence-electron chi connectivity index (χ2n) is 6.87. The summed E-state index contributed by atoms with van der Waals surface area (Å²) in [5.74, 6) is 0.487. The van der Waals surface area contributed by atoms with Crippen LogP contribution < -0.4 is 5.32 Å². The van der Waals surface area contributed by atoms with Gasteiger partial charge in [-0.2, -0.15) is 0 Å². The number of amides is 1. The molecule has 2 heterocycles. The molecular formula is C20H26N4O. The number of anilines is 2. The minimum Gasteiger partial charge on any atom is -0.337 e. The van der Waals surface area contributed by atoms with Gasteiger partial charge in [0.15, 0.2) is 0 Å². The van der Waals surface area contributed by atoms with E-state index in [-0.39, 0.29) is 5.91 Å². The van der Waals surface area contributed by atoms with Crippen LogP contribution in [0.3, 0.4) is 0 Å². The van der Waals surface area contributed by atoms with Gasteiger partial charge in [0.25, 0.3) is 5.91 Å². The zero-order valence-electron chi connectivity index (χ0n) is 15.3. The summed E-state index contributed by atoms with van der Waals surface area (Å²) >= 11 is 0. The second kappa shape index (κ2) is 7.64. The standard InChI is InChI=1S/C20H26N4O/c1-14-8-9-17(15(2)12-14)22-20-21-16(3)13-18(23-20)19(25)24-10-6-4-5-7-11-24/h8-9,12-13H,4-7,10-11H2,1-3H3,(H,21,22,23). The number of rotatable bonds is 3. The molecule has 1 amide bonds. The molecule has 0 spiro atoms. The van der Waals surface area contributed by atoms with Crippen molar-refractivity contribution in [3.63, 3.8) is 0 Å². The highest BCUT2D eigenvalue weighted by molar-refractivity contribution is 5.92. The molecule has 0 atom stereocenters. The van der Waals surface area contributed by atoms with Gasteiger partial charge in [0.1, 0.15) is 5.69 Å². The Kier molecular flexibility index (Phi) is 5.31. The molecule has 25 heavy (non-hydrogen) atoms. The van der Waals surface area contributed by atoms with Gasteiger partial charge in [-0.3, -0.25) is 4.79 Å². The van der Waals surface area contributed by atoms with Crippen LogP contribution in [-0.2, 0) is 0 Å². The summed E-state index contributed by atoms with van der Waals surface area (Å²) in [7, 11) is 0. The molecule has 0 radical (unpaired) electrons. The van der Waals surface area contributed by atoms with E-state index in [1.165, 1.54) is 18.4 Å². The van der Waals surface area contributed by atoms with Gasteiger partial charge in [-0.05, 0) is 51.3 Å². The third-order valence-electron chi connectivity index (χ3n) is 4.59. The molecule has 1 aromatic carbocycles. The minimum absolute atomic E-state index is 0.0103. The summed E-state index contributed by atoms with van der Waals surface area (Å²) in [6, 6.07) is 7.96. The van der Waals surface area contributed by atoms with E-state index in [9.17, 15) is 4.79 Å². The van der Waals surface area contributed by atoms with Crippen molar-refractivity contribution in [1.82, 2.24) is 14.9 Å². The first kappa shape index (κ1) is 17.4. The van der Waals surface area contributed by atoms with Gasteiger partial charge >= 0.3 is 0 Å². The predicted octanol–water partition coefficient (Wildman–Crippen LogP) is 4.16. The van der Waals surface area contributed by atoms with Gasteiger partial charge in [0.2, 0.25) is 5.95 Å². The number of aryl methyl sites for hydroxylation is 3. The largest absolute Gasteiger partial charge is 0.337 e. The molecule has 0 bridgehead atoms. The molecule has 5 nitrogen and oxygen atoms in total. The van der Waals surface area contributed by atoms with E-state index in [4.69, 9.17) is 0 Å². The van der Waals surface area contributed by atoms with Crippen LogP contribution in [0.1, 0.15) is 53.0 Å². The fourth-order valence-corrected chi connectivity index (χ4v) is 3.24. The van der Waals surface area contributed by atoms with E-state index in [0.29, 0.717) is 11.6 Å². The van der Waals surface area contributed by atoms with E-state index in [0.717, 1.165) is 42.9 Å². The van der Waals surface area contributed by atoms with Crippen molar-refractivity contribution >= 4 is 17.5 Å². The average Bonchev–Trinajstić information content (AvgIpc) is 2.85. The molecule has 1 aliphatic heterocycles. The van der Waals surface area contributed by atoms with Crippen LogP contribution in [0.15, 0.2) is 24.3 Å². The quantitative estimate of drug-likeness (QED) is 0.913. The second-order valence-corrected chi connectivity index (χ2v) is 6.87. The number of carbonyl (C=O) groups is 1. The third kappa shape index (κ3) is 4.35. The van der Waals surface area contributed by atoms with Crippen LogP contribution in [0.4, 0.5) is 11.6 Å². The molecule has 1 fully saturated rings. The van der Waals surface area contributed by atoms with Crippen molar-refractivity contribution in [2.45, 2.75) is 46.5 Å². The Labute approximate surface area is 149 Å². The molecule has 132 valence electrons. The summed E-state index contributed by atoms with van der Waals surface area (Å²) in [4.78, 5) is 23.7. The van der Waals surface area contributed by atoms with E-state index < -0.39 is 0 Å². The van der Waals surface area contributed by atoms with E-state index in [1.54, 1.807) is 6.07 Å². The molecule has 1 saturated heterocycles. The molecule has 2 aromatic rings. The highest BCUT2D eigenvalue weighted by Crippen LogP contribution is 2.20. The van der Waals surface area contributed by atoms with Crippen molar-refractivity contribution < 1.29 is 4.79 Å². The van der Waals surface area contributed by atoms with Crippen molar-refractivity contribution in [1.29, 1.82) is 0 Å². The van der Waals surface area contributed by atoms with Crippen LogP contribution in [0, 0.1) is 20.8 Å². The molecule has 0 aliphatic carbocycles. The number of nitrogens with zero attached hydrogens (tertiary/aromatic N) is 3. The van der Waals surface area contributed by atoms with E-state index in [2.05, 4.69) is 41.3 Å². The van der Waals surface area contributed by atoms with Crippen molar-refractivity contribution in [2.24, 2.45) is 0 Å². The maximum Gasteiger partial charge on any atom is 0.272 e. The Morgan fingerprint density at radius 1 is 1.00 bits per heavy atom. The lowest BCUT2D eigenvalue weighted by Gasteiger charge is -2.20. The molecule has 0 saturated carbocycles. The summed E-state index contributed by atoms with van der Waals surface area (Å²) < 4.78 is 0. The molecule has 1 aliphatic rings. The molecule has 1 N–H and O–H groups in total. The van der Waals surface area contributed by atoms with Gasteiger partial charge < -0.3 is 10.2 Å². The first-order valence-corrected chi connectivity index (χ1v) is 9.02. The number of carbonyl (C=O) groups excluding carboxylic acids is 1. The first-order valence-electron chi connectivity index (χ1n) is 9.02. The lowest BCUT2D eigenvalue weighted by atomic mass is 10.1. The summed E-state index contributed by atoms with van der Waals surface area (Å²) in [5, 5.41) is 3.26. The molecule has 0 unspecified atom stereocenters. The normalized spacial score (nSPS) is 14.9. The van der Waals surface area contributed by atoms with Crippen LogP contribution in [0.2, 0.25) is 0 Å². The Bertz CT molecular complexity index is 764. The Hall–Kier alpha value is -2.43. The SMILES string of the molecule is Cc1ccc(Nc2nc(C)cc(C(=O)N3CCCCCC3)n2)c(C)c1. The van der Waals surface area contributed by atoms with Crippen LogP contribution in [0.5, 0.6) is 0 Å². The van der Waals surface area contributed by atoms with Gasteiger partial charge in [-0.25, -0.2) is 9.97 Å². The Morgan fingerprint density at radius 2 is 1.72 bits per heavy atom. The maximum absolute atomic E-state index is 12.8. The summed E-state index contributed by atoms with van der Waals surface area (Å²) in [5.41, 5.74) is 4.57. The number of benzene rings is 1. The number of hydrogen-bond donors (Lipinski definition) is 1. The fourth-order valence-electron chi connectivity index (χ4n) is 3.24. The van der Waals surface area contributed by atoms with Gasteiger partial charge in [-0.1, -0.05) is 30.5 Å². The predicted molar refractivity (Wildman–Crippen MR) is 100 cm³/mol. The molecule has 1 aromatic heterocycles. The number of likely N-dealkylation sites (tertiary alicyclic amines) is 1. The Morgan fingerprint density at radius 3 is 2.40 bits per heavy atom. The number of aromatic nitrogens is 2. The van der Waals surface area contributed by atoms with Crippen molar-refractivity contribution in [3.05, 3.63) is 46.8 Å². The van der Waals surface area contributed by atoms with Crippen molar-refractivity contribution in [2.75, 3.05) is 18.4 Å². The molecule has 5 heteroatoms. The van der Waals surface area contributed by atoms with Gasteiger partial charge in [0, 0.05) is 24.5 Å². The topological polar surface area (TPSA) is 58.1 Å². The monoisotopic (exact) mass is 338 g/mol. The average molecular weight is 338 g/mol. The zero-order chi connectivity index (χ0) is 17.8. The highest BCUT2D eigenvalue weighted by Gasteiger charge is 2.19. The first-order chi connectivity index (χ1) is 12.0. The van der Waals surface area contributed by atoms with Crippen molar-refractivity contribution in [3.8, 4) is 0 Å². The summed E-state index contributed by atoms with van der Waals surface area (Å²) in [6.07, 6.45) is 4.55. The summed E-state index contributed by atoms with van der Waals surface area (Å²) in [6.45, 7) is 7.66. The fraction of sp³-hybridized carbons (Fsp3) is 0.450. The lowest BCUT2D eigenvalue weighted by molar-refractivity contribution is 0.0755. The minimum atomic E-state index is 0.0103. The van der Waals surface area contributed by atoms with Gasteiger partial charge in [0.05, 0.1) is 0 Å². The van der Waals surface area contributed by atoms with E-state index >= 15 is 0 Å².